The molecule has 3 rings (SSSR count). The second kappa shape index (κ2) is 5.73. The summed E-state index contributed by atoms with van der Waals surface area (Å²) >= 11 is 5.99. The van der Waals surface area contributed by atoms with Crippen LogP contribution in [0, 0.1) is 0 Å². The highest BCUT2D eigenvalue weighted by atomic mass is 35.5. The van der Waals surface area contributed by atoms with Crippen molar-refractivity contribution in [2.45, 2.75) is 32.4 Å². The standard InChI is InChI=1S/C14H15ClN4O2/c15-9-4-3-5-10(16)13(9)14(20)21-8-12-18-17-11-6-1-2-7-19(11)12/h3-5H,1-2,6-8,16H2. The number of rotatable bonds is 3. The van der Waals surface area contributed by atoms with Crippen molar-refractivity contribution in [2.24, 2.45) is 0 Å². The number of esters is 1. The van der Waals surface area contributed by atoms with Gasteiger partial charge in [0.05, 0.1) is 5.02 Å². The highest BCUT2D eigenvalue weighted by Gasteiger charge is 2.19. The Bertz CT molecular complexity index is 663. The van der Waals surface area contributed by atoms with E-state index in [-0.39, 0.29) is 17.2 Å². The average Bonchev–Trinajstić information content (AvgIpc) is 2.88. The van der Waals surface area contributed by atoms with Crippen molar-refractivity contribution in [2.75, 3.05) is 5.73 Å². The van der Waals surface area contributed by atoms with Gasteiger partial charge < -0.3 is 15.0 Å². The fraction of sp³-hybridized carbons (Fsp3) is 0.357. The maximum absolute atomic E-state index is 12.1. The van der Waals surface area contributed by atoms with Crippen LogP contribution >= 0.6 is 11.6 Å². The zero-order chi connectivity index (χ0) is 14.8. The van der Waals surface area contributed by atoms with E-state index in [1.54, 1.807) is 18.2 Å². The van der Waals surface area contributed by atoms with E-state index in [1.807, 2.05) is 4.57 Å². The molecule has 0 amide bonds. The Morgan fingerprint density at radius 3 is 3.05 bits per heavy atom. The number of fused-ring (bicyclic) bond motifs is 1. The first-order chi connectivity index (χ1) is 10.2. The number of nitrogen functional groups attached to an aromatic ring is 1. The van der Waals surface area contributed by atoms with E-state index in [9.17, 15) is 4.79 Å². The quantitative estimate of drug-likeness (QED) is 0.694. The number of carbonyl (C=O) groups excluding carboxylic acids is 1. The van der Waals surface area contributed by atoms with E-state index >= 15 is 0 Å². The first-order valence-electron chi connectivity index (χ1n) is 6.79. The molecule has 1 aromatic carbocycles. The van der Waals surface area contributed by atoms with Crippen LogP contribution in [0.15, 0.2) is 18.2 Å². The summed E-state index contributed by atoms with van der Waals surface area (Å²) < 4.78 is 7.28. The minimum Gasteiger partial charge on any atom is -0.454 e. The van der Waals surface area contributed by atoms with Gasteiger partial charge in [-0.15, -0.1) is 10.2 Å². The molecule has 2 N–H and O–H groups in total. The Kier molecular flexibility index (Phi) is 3.79. The van der Waals surface area contributed by atoms with E-state index < -0.39 is 5.97 Å². The SMILES string of the molecule is Nc1cccc(Cl)c1C(=O)OCc1nnc2n1CCCC2. The molecule has 6 nitrogen and oxygen atoms in total. The summed E-state index contributed by atoms with van der Waals surface area (Å²) in [4.78, 5) is 12.1. The molecule has 21 heavy (non-hydrogen) atoms. The molecule has 110 valence electrons. The van der Waals surface area contributed by atoms with E-state index in [2.05, 4.69) is 10.2 Å². The van der Waals surface area contributed by atoms with Crippen LogP contribution < -0.4 is 5.73 Å². The van der Waals surface area contributed by atoms with Crippen molar-refractivity contribution in [1.29, 1.82) is 0 Å². The second-order valence-corrected chi connectivity index (χ2v) is 5.33. The number of aryl methyl sites for hydroxylation is 1. The Morgan fingerprint density at radius 1 is 1.38 bits per heavy atom. The number of ether oxygens (including phenoxy) is 1. The normalized spacial score (nSPS) is 13.8. The largest absolute Gasteiger partial charge is 0.454 e. The molecule has 0 radical (unpaired) electrons. The third-order valence-corrected chi connectivity index (χ3v) is 3.83. The Balaban J connectivity index is 1.73. The van der Waals surface area contributed by atoms with E-state index in [4.69, 9.17) is 22.1 Å². The van der Waals surface area contributed by atoms with Crippen molar-refractivity contribution >= 4 is 23.3 Å². The molecule has 0 aliphatic carbocycles. The summed E-state index contributed by atoms with van der Waals surface area (Å²) in [7, 11) is 0. The van der Waals surface area contributed by atoms with E-state index in [0.29, 0.717) is 11.5 Å². The topological polar surface area (TPSA) is 83.0 Å². The van der Waals surface area contributed by atoms with Crippen LogP contribution in [-0.4, -0.2) is 20.7 Å². The molecule has 0 saturated carbocycles. The number of halogens is 1. The van der Waals surface area contributed by atoms with Gasteiger partial charge in [0, 0.05) is 18.7 Å². The van der Waals surface area contributed by atoms with Crippen molar-refractivity contribution in [3.8, 4) is 0 Å². The third kappa shape index (κ3) is 2.71. The highest BCUT2D eigenvalue weighted by molar-refractivity contribution is 6.34. The minimum absolute atomic E-state index is 0.0660. The number of anilines is 1. The molecule has 0 saturated heterocycles. The van der Waals surface area contributed by atoms with Crippen LogP contribution in [0.25, 0.3) is 0 Å². The van der Waals surface area contributed by atoms with Crippen LogP contribution in [0.2, 0.25) is 5.02 Å². The number of hydrogen-bond donors (Lipinski definition) is 1. The van der Waals surface area contributed by atoms with Crippen molar-refractivity contribution in [3.05, 3.63) is 40.4 Å². The van der Waals surface area contributed by atoms with Gasteiger partial charge in [0.1, 0.15) is 11.4 Å². The van der Waals surface area contributed by atoms with Gasteiger partial charge in [0.15, 0.2) is 12.4 Å². The Morgan fingerprint density at radius 2 is 2.24 bits per heavy atom. The summed E-state index contributed by atoms with van der Waals surface area (Å²) in [5, 5.41) is 8.47. The first-order valence-corrected chi connectivity index (χ1v) is 7.16. The summed E-state index contributed by atoms with van der Waals surface area (Å²) in [6, 6.07) is 4.90. The van der Waals surface area contributed by atoms with Gasteiger partial charge in [-0.1, -0.05) is 17.7 Å². The zero-order valence-corrected chi connectivity index (χ0v) is 12.1. The number of nitrogens with two attached hydrogens (primary N) is 1. The van der Waals surface area contributed by atoms with Gasteiger partial charge in [0.25, 0.3) is 0 Å². The molecule has 1 aromatic heterocycles. The molecule has 1 aliphatic heterocycles. The maximum atomic E-state index is 12.1. The maximum Gasteiger partial charge on any atom is 0.342 e. The molecule has 0 fully saturated rings. The van der Waals surface area contributed by atoms with Gasteiger partial charge in [-0.25, -0.2) is 4.79 Å². The summed E-state index contributed by atoms with van der Waals surface area (Å²) in [5.74, 6) is 1.06. The molecule has 0 bridgehead atoms. The number of aromatic nitrogens is 3. The van der Waals surface area contributed by atoms with Crippen LogP contribution in [0.5, 0.6) is 0 Å². The van der Waals surface area contributed by atoms with Crippen LogP contribution in [0.4, 0.5) is 5.69 Å². The van der Waals surface area contributed by atoms with E-state index in [1.165, 1.54) is 0 Å². The monoisotopic (exact) mass is 306 g/mol. The Labute approximate surface area is 126 Å². The third-order valence-electron chi connectivity index (χ3n) is 3.52. The van der Waals surface area contributed by atoms with Crippen molar-refractivity contribution in [1.82, 2.24) is 14.8 Å². The molecule has 0 spiro atoms. The van der Waals surface area contributed by atoms with Gasteiger partial charge >= 0.3 is 5.97 Å². The molecule has 0 atom stereocenters. The Hall–Kier alpha value is -2.08. The summed E-state index contributed by atoms with van der Waals surface area (Å²) in [6.45, 7) is 0.931. The smallest absolute Gasteiger partial charge is 0.342 e. The lowest BCUT2D eigenvalue weighted by molar-refractivity contribution is 0.0458. The van der Waals surface area contributed by atoms with E-state index in [0.717, 1.165) is 31.6 Å². The number of carbonyl (C=O) groups is 1. The molecular formula is C14H15ClN4O2. The van der Waals surface area contributed by atoms with Crippen LogP contribution in [0.1, 0.15) is 34.8 Å². The zero-order valence-electron chi connectivity index (χ0n) is 11.4. The van der Waals surface area contributed by atoms with Gasteiger partial charge in [-0.3, -0.25) is 0 Å². The number of benzene rings is 1. The molecule has 2 heterocycles. The fourth-order valence-electron chi connectivity index (χ4n) is 2.43. The average molecular weight is 307 g/mol. The van der Waals surface area contributed by atoms with Crippen molar-refractivity contribution < 1.29 is 9.53 Å². The molecule has 7 heteroatoms. The van der Waals surface area contributed by atoms with Crippen LogP contribution in [-0.2, 0) is 24.3 Å². The van der Waals surface area contributed by atoms with Crippen molar-refractivity contribution in [3.63, 3.8) is 0 Å². The van der Waals surface area contributed by atoms with Gasteiger partial charge in [-0.05, 0) is 25.0 Å². The predicted octanol–water partition coefficient (Wildman–Crippen LogP) is 2.21. The molecular weight excluding hydrogens is 292 g/mol. The minimum atomic E-state index is -0.550. The molecule has 1 aliphatic rings. The predicted molar refractivity (Wildman–Crippen MR) is 77.9 cm³/mol. The summed E-state index contributed by atoms with van der Waals surface area (Å²) in [5.41, 5.74) is 6.26. The second-order valence-electron chi connectivity index (χ2n) is 4.92. The lowest BCUT2D eigenvalue weighted by Gasteiger charge is -2.14. The lowest BCUT2D eigenvalue weighted by Crippen LogP contribution is -2.15. The highest BCUT2D eigenvalue weighted by Crippen LogP contribution is 2.23. The van der Waals surface area contributed by atoms with Gasteiger partial charge in [-0.2, -0.15) is 0 Å². The number of nitrogens with zero attached hydrogens (tertiary/aromatic N) is 3. The number of hydrogen-bond acceptors (Lipinski definition) is 5. The molecule has 2 aromatic rings. The lowest BCUT2D eigenvalue weighted by atomic mass is 10.2. The fourth-order valence-corrected chi connectivity index (χ4v) is 2.69. The first kappa shape index (κ1) is 13.9. The molecule has 0 unspecified atom stereocenters. The van der Waals surface area contributed by atoms with Gasteiger partial charge in [0.2, 0.25) is 0 Å². The summed E-state index contributed by atoms with van der Waals surface area (Å²) in [6.07, 6.45) is 3.12. The van der Waals surface area contributed by atoms with Crippen LogP contribution in [0.3, 0.4) is 0 Å².